The van der Waals surface area contributed by atoms with Gasteiger partial charge < -0.3 is 14.5 Å². The molecule has 2 unspecified atom stereocenters. The van der Waals surface area contributed by atoms with Gasteiger partial charge >= 0.3 is 0 Å². The van der Waals surface area contributed by atoms with Crippen LogP contribution in [0.3, 0.4) is 0 Å². The number of halogens is 2. The number of fused-ring (bicyclic) bond motifs is 1. The molecule has 2 amide bonds. The van der Waals surface area contributed by atoms with E-state index in [1.165, 1.54) is 12.1 Å². The van der Waals surface area contributed by atoms with E-state index < -0.39 is 29.5 Å². The van der Waals surface area contributed by atoms with Crippen LogP contribution in [0, 0.1) is 23.0 Å². The van der Waals surface area contributed by atoms with Crippen molar-refractivity contribution < 1.29 is 23.1 Å². The van der Waals surface area contributed by atoms with Gasteiger partial charge in [-0.2, -0.15) is 5.26 Å². The standard InChI is InChI=1S/C24H21F2N3O3/c25-18-11-17(12-19(26)13-18)20-4-5-21-29(20)23(31)24(32-21)6-8-28(9-7-24)22(30)16-3-1-2-15(10-16)14-27/h1-3,10-13,20-21H,4-9H2. The zero-order valence-electron chi connectivity index (χ0n) is 17.3. The number of hydrogen-bond acceptors (Lipinski definition) is 4. The summed E-state index contributed by atoms with van der Waals surface area (Å²) in [6, 6.07) is 11.5. The Morgan fingerprint density at radius 1 is 1.09 bits per heavy atom. The van der Waals surface area contributed by atoms with Gasteiger partial charge in [0.25, 0.3) is 11.8 Å². The van der Waals surface area contributed by atoms with Crippen molar-refractivity contribution in [3.05, 3.63) is 70.8 Å². The number of rotatable bonds is 2. The van der Waals surface area contributed by atoms with Gasteiger partial charge in [-0.1, -0.05) is 6.07 Å². The summed E-state index contributed by atoms with van der Waals surface area (Å²) in [7, 11) is 0. The van der Waals surface area contributed by atoms with E-state index in [2.05, 4.69) is 0 Å². The van der Waals surface area contributed by atoms with Crippen molar-refractivity contribution in [2.75, 3.05) is 13.1 Å². The third-order valence-corrected chi connectivity index (χ3v) is 6.69. The number of likely N-dealkylation sites (tertiary alicyclic amines) is 1. The van der Waals surface area contributed by atoms with Crippen LogP contribution in [0.15, 0.2) is 42.5 Å². The summed E-state index contributed by atoms with van der Waals surface area (Å²) in [6.07, 6.45) is 1.46. The molecule has 1 spiro atoms. The summed E-state index contributed by atoms with van der Waals surface area (Å²) in [4.78, 5) is 29.6. The first kappa shape index (κ1) is 20.6. The minimum Gasteiger partial charge on any atom is -0.342 e. The second-order valence-electron chi connectivity index (χ2n) is 8.56. The average molecular weight is 437 g/mol. The first-order valence-electron chi connectivity index (χ1n) is 10.7. The lowest BCUT2D eigenvalue weighted by Gasteiger charge is -2.37. The zero-order valence-corrected chi connectivity index (χ0v) is 17.3. The number of amides is 2. The minimum absolute atomic E-state index is 0.173. The smallest absolute Gasteiger partial charge is 0.257 e. The summed E-state index contributed by atoms with van der Waals surface area (Å²) in [5.74, 6) is -1.69. The highest BCUT2D eigenvalue weighted by molar-refractivity contribution is 5.95. The number of nitrogens with zero attached hydrogens (tertiary/aromatic N) is 3. The number of hydrogen-bond donors (Lipinski definition) is 0. The number of benzene rings is 2. The highest BCUT2D eigenvalue weighted by atomic mass is 19.1. The van der Waals surface area contributed by atoms with E-state index in [9.17, 15) is 18.4 Å². The predicted molar refractivity (Wildman–Crippen MR) is 109 cm³/mol. The Balaban J connectivity index is 1.31. The van der Waals surface area contributed by atoms with Crippen LogP contribution in [0.4, 0.5) is 8.78 Å². The molecular weight excluding hydrogens is 416 g/mol. The zero-order chi connectivity index (χ0) is 22.5. The molecule has 0 bridgehead atoms. The molecule has 3 heterocycles. The van der Waals surface area contributed by atoms with Crippen molar-refractivity contribution >= 4 is 11.8 Å². The SMILES string of the molecule is N#Cc1cccc(C(=O)N2CCC3(CC2)OC2CCC(c4cc(F)cc(F)c4)N2C3=O)c1. The number of carbonyl (C=O) groups excluding carboxylic acids is 2. The monoisotopic (exact) mass is 437 g/mol. The van der Waals surface area contributed by atoms with Crippen LogP contribution in [0.2, 0.25) is 0 Å². The molecule has 2 aromatic carbocycles. The van der Waals surface area contributed by atoms with Crippen molar-refractivity contribution in [1.29, 1.82) is 5.26 Å². The Labute approximate surface area is 184 Å². The Hall–Kier alpha value is -3.31. The maximum atomic E-state index is 13.7. The third-order valence-electron chi connectivity index (χ3n) is 6.69. The van der Waals surface area contributed by atoms with Crippen molar-refractivity contribution in [3.8, 4) is 6.07 Å². The van der Waals surface area contributed by atoms with Gasteiger partial charge in [-0.15, -0.1) is 0 Å². The first-order valence-corrected chi connectivity index (χ1v) is 10.7. The van der Waals surface area contributed by atoms with Gasteiger partial charge in [0.2, 0.25) is 0 Å². The second-order valence-corrected chi connectivity index (χ2v) is 8.56. The van der Waals surface area contributed by atoms with E-state index in [-0.39, 0.29) is 11.8 Å². The molecule has 5 rings (SSSR count). The molecule has 0 aromatic heterocycles. The maximum absolute atomic E-state index is 13.7. The van der Waals surface area contributed by atoms with Crippen LogP contribution in [-0.2, 0) is 9.53 Å². The topological polar surface area (TPSA) is 73.6 Å². The molecule has 6 nitrogen and oxygen atoms in total. The van der Waals surface area contributed by atoms with Crippen molar-refractivity contribution in [2.45, 2.75) is 43.6 Å². The Morgan fingerprint density at radius 3 is 2.50 bits per heavy atom. The van der Waals surface area contributed by atoms with E-state index in [4.69, 9.17) is 10.00 Å². The molecule has 3 fully saturated rings. The van der Waals surface area contributed by atoms with Crippen molar-refractivity contribution in [1.82, 2.24) is 9.80 Å². The molecule has 2 atom stereocenters. The number of carbonyl (C=O) groups is 2. The largest absolute Gasteiger partial charge is 0.342 e. The molecule has 3 aliphatic heterocycles. The summed E-state index contributed by atoms with van der Waals surface area (Å²) in [5, 5.41) is 9.06. The van der Waals surface area contributed by atoms with Gasteiger partial charge in [-0.05, 0) is 48.7 Å². The number of nitriles is 1. The molecule has 8 heteroatoms. The molecular formula is C24H21F2N3O3. The van der Waals surface area contributed by atoms with Gasteiger partial charge in [0, 0.05) is 37.6 Å². The molecule has 3 aliphatic rings. The van der Waals surface area contributed by atoms with Gasteiger partial charge in [-0.3, -0.25) is 9.59 Å². The highest BCUT2D eigenvalue weighted by Gasteiger charge is 2.58. The van der Waals surface area contributed by atoms with Crippen LogP contribution >= 0.6 is 0 Å². The maximum Gasteiger partial charge on any atom is 0.257 e. The summed E-state index contributed by atoms with van der Waals surface area (Å²) >= 11 is 0. The molecule has 3 saturated heterocycles. The fourth-order valence-corrected chi connectivity index (χ4v) is 5.12. The van der Waals surface area contributed by atoms with E-state index in [0.717, 1.165) is 6.07 Å². The molecule has 0 aliphatic carbocycles. The lowest BCUT2D eigenvalue weighted by molar-refractivity contribution is -0.142. The fraction of sp³-hybridized carbons (Fsp3) is 0.375. The van der Waals surface area contributed by atoms with E-state index in [1.54, 1.807) is 34.1 Å². The number of ether oxygens (including phenoxy) is 1. The molecule has 2 aromatic rings. The highest BCUT2D eigenvalue weighted by Crippen LogP contribution is 2.47. The minimum atomic E-state index is -1.01. The summed E-state index contributed by atoms with van der Waals surface area (Å²) in [5.41, 5.74) is 0.274. The lowest BCUT2D eigenvalue weighted by atomic mass is 9.89. The van der Waals surface area contributed by atoms with Gasteiger partial charge in [0.15, 0.2) is 5.60 Å². The Bertz CT molecular complexity index is 1120. The van der Waals surface area contributed by atoms with E-state index in [0.29, 0.717) is 55.5 Å². The Kier molecular flexibility index (Phi) is 4.94. The lowest BCUT2D eigenvalue weighted by Crippen LogP contribution is -2.51. The van der Waals surface area contributed by atoms with Crippen molar-refractivity contribution in [3.63, 3.8) is 0 Å². The normalized spacial score (nSPS) is 24.0. The van der Waals surface area contributed by atoms with Crippen LogP contribution in [0.5, 0.6) is 0 Å². The molecule has 0 radical (unpaired) electrons. The van der Waals surface area contributed by atoms with Gasteiger partial charge in [0.05, 0.1) is 17.7 Å². The van der Waals surface area contributed by atoms with Crippen LogP contribution in [-0.4, -0.2) is 46.5 Å². The van der Waals surface area contributed by atoms with Crippen LogP contribution in [0.25, 0.3) is 0 Å². The van der Waals surface area contributed by atoms with E-state index in [1.807, 2.05) is 6.07 Å². The quantitative estimate of drug-likeness (QED) is 0.721. The van der Waals surface area contributed by atoms with Gasteiger partial charge in [0.1, 0.15) is 17.9 Å². The molecule has 0 saturated carbocycles. The van der Waals surface area contributed by atoms with E-state index >= 15 is 0 Å². The second kappa shape index (κ2) is 7.68. The molecule has 164 valence electrons. The fourth-order valence-electron chi connectivity index (χ4n) is 5.12. The van der Waals surface area contributed by atoms with Gasteiger partial charge in [-0.25, -0.2) is 8.78 Å². The Morgan fingerprint density at radius 2 is 1.81 bits per heavy atom. The third kappa shape index (κ3) is 3.33. The van der Waals surface area contributed by atoms with Crippen molar-refractivity contribution in [2.24, 2.45) is 0 Å². The molecule has 0 N–H and O–H groups in total. The number of piperidine rings is 1. The summed E-state index contributed by atoms with van der Waals surface area (Å²) in [6.45, 7) is 0.697. The van der Waals surface area contributed by atoms with Crippen LogP contribution in [0.1, 0.15) is 53.2 Å². The predicted octanol–water partition coefficient (Wildman–Crippen LogP) is 3.53. The first-order chi connectivity index (χ1) is 15.4. The molecule has 32 heavy (non-hydrogen) atoms. The summed E-state index contributed by atoms with van der Waals surface area (Å²) < 4.78 is 33.7. The van der Waals surface area contributed by atoms with Crippen LogP contribution < -0.4 is 0 Å². The average Bonchev–Trinajstić information content (AvgIpc) is 3.31.